The van der Waals surface area contributed by atoms with Gasteiger partial charge in [-0.05, 0) is 25.7 Å². The van der Waals surface area contributed by atoms with Crippen molar-refractivity contribution >= 4 is 5.91 Å². The lowest BCUT2D eigenvalue weighted by Crippen LogP contribution is -2.41. The summed E-state index contributed by atoms with van der Waals surface area (Å²) in [4.78, 5) is 20.6. The Morgan fingerprint density at radius 3 is 2.68 bits per heavy atom. The van der Waals surface area contributed by atoms with E-state index < -0.39 is 0 Å². The van der Waals surface area contributed by atoms with E-state index in [2.05, 4.69) is 20.4 Å². The van der Waals surface area contributed by atoms with Crippen molar-refractivity contribution in [3.63, 3.8) is 0 Å². The Balaban J connectivity index is 1.77. The number of aryl methyl sites for hydroxylation is 2. The first-order chi connectivity index (χ1) is 10.5. The van der Waals surface area contributed by atoms with Gasteiger partial charge < -0.3 is 10.4 Å². The molecule has 1 unspecified atom stereocenters. The average molecular weight is 301 g/mol. The zero-order valence-electron chi connectivity index (χ0n) is 12.6. The van der Waals surface area contributed by atoms with E-state index in [1.807, 2.05) is 20.2 Å². The van der Waals surface area contributed by atoms with Crippen LogP contribution >= 0.6 is 0 Å². The Hall–Kier alpha value is -2.28. The van der Waals surface area contributed by atoms with Crippen LogP contribution in [0.5, 0.6) is 0 Å². The minimum atomic E-state index is -0.278. The molecule has 116 valence electrons. The molecule has 2 aromatic heterocycles. The molecule has 7 nitrogen and oxygen atoms in total. The van der Waals surface area contributed by atoms with Crippen LogP contribution in [0.4, 0.5) is 0 Å². The van der Waals surface area contributed by atoms with E-state index >= 15 is 0 Å². The first-order valence-corrected chi connectivity index (χ1v) is 7.29. The molecule has 1 atom stereocenters. The molecule has 1 saturated carbocycles. The van der Waals surface area contributed by atoms with Crippen LogP contribution in [0.15, 0.2) is 24.8 Å². The molecule has 0 bridgehead atoms. The summed E-state index contributed by atoms with van der Waals surface area (Å²) in [6.45, 7) is 1.82. The highest BCUT2D eigenvalue weighted by Gasteiger charge is 2.36. The SMILES string of the molecule is Cc1cnc(C(=O)NC(c2cnn(C)c2)C2CC(O)C2)cn1. The lowest BCUT2D eigenvalue weighted by Gasteiger charge is -2.37. The summed E-state index contributed by atoms with van der Waals surface area (Å²) in [6, 6.07) is -0.173. The Morgan fingerprint density at radius 1 is 1.36 bits per heavy atom. The van der Waals surface area contributed by atoms with E-state index in [0.29, 0.717) is 18.5 Å². The minimum Gasteiger partial charge on any atom is -0.393 e. The molecule has 1 aliphatic rings. The van der Waals surface area contributed by atoms with Crippen LogP contribution in [-0.2, 0) is 7.05 Å². The number of hydrogen-bond acceptors (Lipinski definition) is 5. The molecule has 22 heavy (non-hydrogen) atoms. The lowest BCUT2D eigenvalue weighted by atomic mass is 9.75. The molecule has 0 spiro atoms. The summed E-state index contributed by atoms with van der Waals surface area (Å²) in [5.74, 6) is -0.0516. The Morgan fingerprint density at radius 2 is 2.14 bits per heavy atom. The van der Waals surface area contributed by atoms with Gasteiger partial charge in [0.05, 0.1) is 30.2 Å². The van der Waals surface area contributed by atoms with Gasteiger partial charge >= 0.3 is 0 Å². The van der Waals surface area contributed by atoms with Crippen molar-refractivity contribution in [3.05, 3.63) is 41.7 Å². The maximum absolute atomic E-state index is 12.4. The van der Waals surface area contributed by atoms with Gasteiger partial charge in [0.1, 0.15) is 5.69 Å². The molecular weight excluding hydrogens is 282 g/mol. The van der Waals surface area contributed by atoms with Crippen molar-refractivity contribution in [2.24, 2.45) is 13.0 Å². The van der Waals surface area contributed by atoms with Crippen LogP contribution in [-0.4, -0.2) is 36.9 Å². The molecule has 2 heterocycles. The molecule has 1 aliphatic carbocycles. The zero-order chi connectivity index (χ0) is 15.7. The third-order valence-corrected chi connectivity index (χ3v) is 4.01. The van der Waals surface area contributed by atoms with Crippen LogP contribution < -0.4 is 5.32 Å². The molecule has 3 rings (SSSR count). The fourth-order valence-electron chi connectivity index (χ4n) is 2.70. The number of rotatable bonds is 4. The maximum atomic E-state index is 12.4. The van der Waals surface area contributed by atoms with E-state index in [4.69, 9.17) is 0 Å². The van der Waals surface area contributed by atoms with E-state index in [0.717, 1.165) is 11.3 Å². The number of nitrogens with zero attached hydrogens (tertiary/aromatic N) is 4. The second kappa shape index (κ2) is 5.84. The smallest absolute Gasteiger partial charge is 0.271 e. The van der Waals surface area contributed by atoms with E-state index in [1.54, 1.807) is 17.1 Å². The number of aliphatic hydroxyl groups is 1. The van der Waals surface area contributed by atoms with Crippen molar-refractivity contribution in [3.8, 4) is 0 Å². The van der Waals surface area contributed by atoms with Gasteiger partial charge in [-0.25, -0.2) is 4.98 Å². The molecule has 1 fully saturated rings. The van der Waals surface area contributed by atoms with Crippen molar-refractivity contribution in [1.29, 1.82) is 0 Å². The fraction of sp³-hybridized carbons (Fsp3) is 0.467. The minimum absolute atomic E-state index is 0.173. The second-order valence-electron chi connectivity index (χ2n) is 5.83. The van der Waals surface area contributed by atoms with Gasteiger partial charge in [0, 0.05) is 25.0 Å². The predicted molar refractivity (Wildman–Crippen MR) is 78.9 cm³/mol. The molecule has 0 aliphatic heterocycles. The van der Waals surface area contributed by atoms with Crippen molar-refractivity contribution in [1.82, 2.24) is 25.1 Å². The van der Waals surface area contributed by atoms with Gasteiger partial charge in [-0.3, -0.25) is 14.5 Å². The third kappa shape index (κ3) is 2.99. The monoisotopic (exact) mass is 301 g/mol. The molecule has 0 saturated heterocycles. The number of amides is 1. The molecule has 0 aromatic carbocycles. The van der Waals surface area contributed by atoms with Gasteiger partial charge in [-0.15, -0.1) is 0 Å². The molecular formula is C15H19N5O2. The summed E-state index contributed by atoms with van der Waals surface area (Å²) in [6.07, 6.45) is 7.76. The Kier molecular flexibility index (Phi) is 3.89. The highest BCUT2D eigenvalue weighted by atomic mass is 16.3. The fourth-order valence-corrected chi connectivity index (χ4v) is 2.70. The van der Waals surface area contributed by atoms with Crippen LogP contribution in [0.2, 0.25) is 0 Å². The van der Waals surface area contributed by atoms with Crippen LogP contribution in [0.1, 0.15) is 40.6 Å². The molecule has 2 N–H and O–H groups in total. The summed E-state index contributed by atoms with van der Waals surface area (Å²) in [7, 11) is 1.84. The predicted octanol–water partition coefficient (Wildman–Crippen LogP) is 0.761. The standard InChI is InChI=1S/C15H19N5O2/c1-9-5-17-13(7-16-9)15(22)19-14(10-3-12(21)4-10)11-6-18-20(2)8-11/h5-8,10,12,14,21H,3-4H2,1-2H3,(H,19,22). The van der Waals surface area contributed by atoms with Gasteiger partial charge in [0.25, 0.3) is 5.91 Å². The van der Waals surface area contributed by atoms with Crippen molar-refractivity contribution < 1.29 is 9.90 Å². The number of carbonyl (C=O) groups excluding carboxylic acids is 1. The van der Waals surface area contributed by atoms with Crippen molar-refractivity contribution in [2.45, 2.75) is 31.9 Å². The van der Waals surface area contributed by atoms with Gasteiger partial charge in [0.15, 0.2) is 0 Å². The zero-order valence-corrected chi connectivity index (χ0v) is 12.6. The summed E-state index contributed by atoms with van der Waals surface area (Å²) < 4.78 is 1.70. The normalized spacial score (nSPS) is 22.0. The number of aliphatic hydroxyl groups excluding tert-OH is 1. The summed E-state index contributed by atoms with van der Waals surface area (Å²) >= 11 is 0. The topological polar surface area (TPSA) is 92.9 Å². The van der Waals surface area contributed by atoms with Gasteiger partial charge in [-0.2, -0.15) is 5.10 Å². The summed E-state index contributed by atoms with van der Waals surface area (Å²) in [5.41, 5.74) is 2.00. The Labute approximate surface area is 128 Å². The highest BCUT2D eigenvalue weighted by Crippen LogP contribution is 2.38. The number of aromatic nitrogens is 4. The third-order valence-electron chi connectivity index (χ3n) is 4.01. The van der Waals surface area contributed by atoms with Gasteiger partial charge in [-0.1, -0.05) is 0 Å². The second-order valence-corrected chi connectivity index (χ2v) is 5.83. The van der Waals surface area contributed by atoms with Crippen LogP contribution in [0.3, 0.4) is 0 Å². The van der Waals surface area contributed by atoms with Crippen LogP contribution in [0.25, 0.3) is 0 Å². The van der Waals surface area contributed by atoms with E-state index in [9.17, 15) is 9.90 Å². The maximum Gasteiger partial charge on any atom is 0.271 e. The first kappa shape index (κ1) is 14.6. The number of nitrogens with one attached hydrogen (secondary N) is 1. The van der Waals surface area contributed by atoms with Crippen molar-refractivity contribution in [2.75, 3.05) is 0 Å². The van der Waals surface area contributed by atoms with Gasteiger partial charge in [0.2, 0.25) is 0 Å². The number of hydrogen-bond donors (Lipinski definition) is 2. The lowest BCUT2D eigenvalue weighted by molar-refractivity contribution is 0.0234. The van der Waals surface area contributed by atoms with Crippen LogP contribution in [0, 0.1) is 12.8 Å². The molecule has 2 aromatic rings. The molecule has 0 radical (unpaired) electrons. The first-order valence-electron chi connectivity index (χ1n) is 7.29. The largest absolute Gasteiger partial charge is 0.393 e. The van der Waals surface area contributed by atoms with E-state index in [-0.39, 0.29) is 24.0 Å². The number of carbonyl (C=O) groups is 1. The quantitative estimate of drug-likeness (QED) is 0.869. The Bertz CT molecular complexity index is 661. The average Bonchev–Trinajstić information content (AvgIpc) is 2.89. The summed E-state index contributed by atoms with van der Waals surface area (Å²) in [5, 5.41) is 16.7. The molecule has 7 heteroatoms. The van der Waals surface area contributed by atoms with E-state index in [1.165, 1.54) is 6.20 Å². The highest BCUT2D eigenvalue weighted by molar-refractivity contribution is 5.92. The molecule has 1 amide bonds.